The van der Waals surface area contributed by atoms with Crippen LogP contribution in [0.4, 0.5) is 17.6 Å². The first-order valence-electron chi connectivity index (χ1n) is 11.1. The van der Waals surface area contributed by atoms with Crippen molar-refractivity contribution in [2.24, 2.45) is 0 Å². The smallest absolute Gasteiger partial charge is 0.484 e. The predicted molar refractivity (Wildman–Crippen MR) is 120 cm³/mol. The van der Waals surface area contributed by atoms with E-state index in [4.69, 9.17) is 16.3 Å². The summed E-state index contributed by atoms with van der Waals surface area (Å²) in [4.78, 5) is 25.2. The highest BCUT2D eigenvalue weighted by Crippen LogP contribution is 2.47. The first kappa shape index (κ1) is 26.0. The fraction of sp³-hybridized carbons (Fsp3) is 0.417. The Labute approximate surface area is 208 Å². The molecule has 3 saturated carbocycles. The lowest BCUT2D eigenvalue weighted by molar-refractivity contribution is -0.274. The Bertz CT molecular complexity index is 1130. The van der Waals surface area contributed by atoms with Crippen LogP contribution in [0.25, 0.3) is 0 Å². The van der Waals surface area contributed by atoms with Gasteiger partial charge >= 0.3 is 6.36 Å². The summed E-state index contributed by atoms with van der Waals surface area (Å²) in [6.07, 6.45) is -3.83. The number of halogens is 5. The molecule has 7 nitrogen and oxygen atoms in total. The lowest BCUT2D eigenvalue weighted by Gasteiger charge is -2.56. The molecular formula is C24H23ClF4N2O5. The molecule has 1 atom stereocenters. The highest BCUT2D eigenvalue weighted by Gasteiger charge is 2.55. The van der Waals surface area contributed by atoms with Crippen LogP contribution in [0.3, 0.4) is 0 Å². The zero-order chi connectivity index (χ0) is 26.1. The Kier molecular flexibility index (Phi) is 7.07. The Morgan fingerprint density at radius 2 is 1.67 bits per heavy atom. The Balaban J connectivity index is 1.32. The summed E-state index contributed by atoms with van der Waals surface area (Å²) < 4.78 is 59.7. The van der Waals surface area contributed by atoms with Crippen LogP contribution in [0.2, 0.25) is 5.02 Å². The Hall–Kier alpha value is -3.05. The van der Waals surface area contributed by atoms with E-state index in [1.807, 2.05) is 0 Å². The van der Waals surface area contributed by atoms with Gasteiger partial charge in [-0.1, -0.05) is 11.6 Å². The normalized spacial score (nSPS) is 25.2. The molecule has 0 saturated heterocycles. The van der Waals surface area contributed by atoms with E-state index in [1.165, 1.54) is 24.3 Å². The van der Waals surface area contributed by atoms with E-state index in [2.05, 4.69) is 15.4 Å². The van der Waals surface area contributed by atoms with E-state index in [9.17, 15) is 32.3 Å². The minimum Gasteiger partial charge on any atom is -0.484 e. The molecule has 3 aliphatic rings. The molecule has 0 heterocycles. The largest absolute Gasteiger partial charge is 0.573 e. The molecule has 12 heteroatoms. The zero-order valence-corrected chi connectivity index (χ0v) is 19.6. The number of carbonyl (C=O) groups is 2. The number of nitrogens with one attached hydrogen (secondary N) is 2. The molecule has 1 unspecified atom stereocenters. The van der Waals surface area contributed by atoms with Gasteiger partial charge in [0.25, 0.3) is 11.8 Å². The van der Waals surface area contributed by atoms with Gasteiger partial charge in [-0.2, -0.15) is 0 Å². The summed E-state index contributed by atoms with van der Waals surface area (Å²) in [5, 5.41) is 16.6. The minimum absolute atomic E-state index is 0.0628. The minimum atomic E-state index is -4.83. The van der Waals surface area contributed by atoms with Crippen LogP contribution in [0.5, 0.6) is 11.5 Å². The van der Waals surface area contributed by atoms with E-state index < -0.39 is 46.9 Å². The van der Waals surface area contributed by atoms with Crippen LogP contribution >= 0.6 is 11.6 Å². The fourth-order valence-electron chi connectivity index (χ4n) is 4.82. The maximum Gasteiger partial charge on any atom is 0.573 e. The maximum absolute atomic E-state index is 13.5. The van der Waals surface area contributed by atoms with Crippen LogP contribution in [-0.2, 0) is 4.79 Å². The van der Waals surface area contributed by atoms with Crippen LogP contribution < -0.4 is 20.1 Å². The third-order valence-corrected chi connectivity index (χ3v) is 7.01. The molecule has 0 radical (unpaired) electrons. The number of rotatable bonds is 7. The molecular weight excluding hydrogens is 508 g/mol. The van der Waals surface area contributed by atoms with Gasteiger partial charge in [-0.3, -0.25) is 9.59 Å². The van der Waals surface area contributed by atoms with Crippen LogP contribution in [-0.4, -0.2) is 47.1 Å². The second kappa shape index (κ2) is 9.78. The number of hydrogen-bond acceptors (Lipinski definition) is 5. The first-order valence-corrected chi connectivity index (χ1v) is 11.5. The summed E-state index contributed by atoms with van der Waals surface area (Å²) in [7, 11) is 0. The van der Waals surface area contributed by atoms with Crippen molar-refractivity contribution in [2.75, 3.05) is 6.61 Å². The van der Waals surface area contributed by atoms with Crippen LogP contribution in [0.15, 0.2) is 42.5 Å². The monoisotopic (exact) mass is 530 g/mol. The second-order valence-electron chi connectivity index (χ2n) is 9.10. The summed E-state index contributed by atoms with van der Waals surface area (Å²) in [5.74, 6) is -1.93. The molecule has 2 amide bonds. The summed E-state index contributed by atoms with van der Waals surface area (Å²) in [6.45, 7) is -0.352. The highest BCUT2D eigenvalue weighted by atomic mass is 35.5. The average Bonchev–Trinajstić information content (AvgIpc) is 2.80. The number of hydrogen-bond donors (Lipinski definition) is 3. The van der Waals surface area contributed by atoms with E-state index >= 15 is 0 Å². The van der Waals surface area contributed by atoms with Crippen molar-refractivity contribution in [1.82, 2.24) is 10.6 Å². The number of carbonyl (C=O) groups excluding carboxylic acids is 2. The van der Waals surface area contributed by atoms with Gasteiger partial charge in [0.15, 0.2) is 6.61 Å². The van der Waals surface area contributed by atoms with Gasteiger partial charge in [0, 0.05) is 17.2 Å². The quantitative estimate of drug-likeness (QED) is 0.468. The second-order valence-corrected chi connectivity index (χ2v) is 9.50. The summed E-state index contributed by atoms with van der Waals surface area (Å²) in [5.41, 5.74) is -1.46. The zero-order valence-electron chi connectivity index (χ0n) is 18.8. The third kappa shape index (κ3) is 5.84. The fourth-order valence-corrected chi connectivity index (χ4v) is 4.93. The molecule has 0 aliphatic heterocycles. The molecule has 36 heavy (non-hydrogen) atoms. The van der Waals surface area contributed by atoms with Gasteiger partial charge in [0.05, 0.1) is 16.7 Å². The van der Waals surface area contributed by atoms with E-state index in [0.717, 1.165) is 18.2 Å². The number of ether oxygens (including phenoxy) is 2. The Morgan fingerprint density at radius 3 is 2.25 bits per heavy atom. The van der Waals surface area contributed by atoms with Crippen molar-refractivity contribution < 1.29 is 41.7 Å². The van der Waals surface area contributed by atoms with Crippen molar-refractivity contribution in [3.63, 3.8) is 0 Å². The lowest BCUT2D eigenvalue weighted by Crippen LogP contribution is -2.70. The van der Waals surface area contributed by atoms with Gasteiger partial charge < -0.3 is 25.2 Å². The number of aliphatic hydroxyl groups excluding tert-OH is 1. The molecule has 2 aromatic rings. The molecule has 5 rings (SSSR count). The molecule has 2 bridgehead atoms. The van der Waals surface area contributed by atoms with E-state index in [0.29, 0.717) is 25.7 Å². The highest BCUT2D eigenvalue weighted by molar-refractivity contribution is 6.30. The van der Waals surface area contributed by atoms with Gasteiger partial charge in [-0.05, 0) is 68.5 Å². The maximum atomic E-state index is 13.5. The van der Waals surface area contributed by atoms with Crippen molar-refractivity contribution in [3.8, 4) is 11.5 Å². The standard InChI is InChI=1S/C24H23ClF4N2O5/c25-17-6-5-16(11-18(17)26)35-13-20(33)30-22-7-9-23(10-8-22,19(32)12-22)31-21(34)14-1-3-15(4-2-14)36-24(27,28)29/h1-6,11,19,32H,7-10,12-13H2,(H,30,33)(H,31,34). The van der Waals surface area contributed by atoms with Crippen LogP contribution in [0, 0.1) is 5.82 Å². The molecule has 3 fully saturated rings. The summed E-state index contributed by atoms with van der Waals surface area (Å²) in [6, 6.07) is 8.34. The predicted octanol–water partition coefficient (Wildman–Crippen LogP) is 4.12. The van der Waals surface area contributed by atoms with Crippen molar-refractivity contribution >= 4 is 23.4 Å². The molecule has 2 aromatic carbocycles. The first-order chi connectivity index (χ1) is 16.9. The van der Waals surface area contributed by atoms with Crippen molar-refractivity contribution in [3.05, 3.63) is 58.9 Å². The number of fused-ring (bicyclic) bond motifs is 3. The lowest BCUT2D eigenvalue weighted by atomic mass is 9.60. The number of amides is 2. The molecule has 3 aliphatic carbocycles. The van der Waals surface area contributed by atoms with Crippen molar-refractivity contribution in [1.29, 1.82) is 0 Å². The SMILES string of the molecule is O=C(COc1ccc(Cl)c(F)c1)NC12CCC(NC(=O)c3ccc(OC(F)(F)F)cc3)(CC1)C(O)C2. The number of aliphatic hydroxyl groups is 1. The van der Waals surface area contributed by atoms with Gasteiger partial charge in [0.1, 0.15) is 17.3 Å². The van der Waals surface area contributed by atoms with Gasteiger partial charge in [0.2, 0.25) is 0 Å². The Morgan fingerprint density at radius 1 is 1.03 bits per heavy atom. The number of benzene rings is 2. The average molecular weight is 531 g/mol. The van der Waals surface area contributed by atoms with Crippen molar-refractivity contribution in [2.45, 2.75) is 55.6 Å². The molecule has 3 N–H and O–H groups in total. The van der Waals surface area contributed by atoms with Gasteiger partial charge in [-0.25, -0.2) is 4.39 Å². The van der Waals surface area contributed by atoms with Crippen LogP contribution in [0.1, 0.15) is 42.5 Å². The molecule has 194 valence electrons. The van der Waals surface area contributed by atoms with E-state index in [-0.39, 0.29) is 29.4 Å². The third-order valence-electron chi connectivity index (χ3n) is 6.70. The molecule has 0 aromatic heterocycles. The topological polar surface area (TPSA) is 96.9 Å². The number of alkyl halides is 3. The molecule has 0 spiro atoms. The van der Waals surface area contributed by atoms with E-state index in [1.54, 1.807) is 0 Å². The van der Waals surface area contributed by atoms with Gasteiger partial charge in [-0.15, -0.1) is 13.2 Å². The summed E-state index contributed by atoms with van der Waals surface area (Å²) >= 11 is 5.63.